The molecule has 2 aliphatic heterocycles. The van der Waals surface area contributed by atoms with Gasteiger partial charge in [0.1, 0.15) is 0 Å². The first-order valence-electron chi connectivity index (χ1n) is 6.67. The highest BCUT2D eigenvalue weighted by molar-refractivity contribution is 8.14. The molecule has 1 unspecified atom stereocenters. The highest BCUT2D eigenvalue weighted by Crippen LogP contribution is 2.41. The number of nitrogens with one attached hydrogen (secondary N) is 1. The van der Waals surface area contributed by atoms with Gasteiger partial charge in [-0.1, -0.05) is 11.8 Å². The van der Waals surface area contributed by atoms with Crippen molar-refractivity contribution in [2.75, 3.05) is 45.9 Å². The lowest BCUT2D eigenvalue weighted by Crippen LogP contribution is -2.40. The minimum absolute atomic E-state index is 0.779. The van der Waals surface area contributed by atoms with Crippen LogP contribution in [0.2, 0.25) is 0 Å². The van der Waals surface area contributed by atoms with E-state index in [1.807, 2.05) is 11.8 Å². The number of aliphatic imine (C=N–C) groups is 1. The lowest BCUT2D eigenvalue weighted by molar-refractivity contribution is 0.0389. The second kappa shape index (κ2) is 5.59. The normalized spacial score (nSPS) is 30.4. The van der Waals surface area contributed by atoms with E-state index in [1.165, 1.54) is 18.0 Å². The van der Waals surface area contributed by atoms with Crippen LogP contribution < -0.4 is 5.32 Å². The molecule has 0 aromatic heterocycles. The fourth-order valence-electron chi connectivity index (χ4n) is 2.35. The van der Waals surface area contributed by atoms with E-state index in [9.17, 15) is 0 Å². The van der Waals surface area contributed by atoms with Crippen molar-refractivity contribution >= 4 is 16.9 Å². The van der Waals surface area contributed by atoms with Crippen LogP contribution in [0.4, 0.5) is 0 Å². The molecule has 17 heavy (non-hydrogen) atoms. The van der Waals surface area contributed by atoms with E-state index in [0.29, 0.717) is 0 Å². The molecule has 0 amide bonds. The lowest BCUT2D eigenvalue weighted by atomic mass is 10.3. The molecule has 0 aromatic rings. The molecular weight excluding hydrogens is 234 g/mol. The molecule has 2 heterocycles. The SMILES string of the molecule is C(CN1CCOCC1)NC1=NCC(C2CC2)S1. The molecule has 3 rings (SSSR count). The molecular formula is C12H21N3OS. The van der Waals surface area contributed by atoms with Crippen LogP contribution >= 0.6 is 11.8 Å². The Morgan fingerprint density at radius 1 is 1.35 bits per heavy atom. The van der Waals surface area contributed by atoms with Crippen LogP contribution in [-0.4, -0.2) is 61.3 Å². The van der Waals surface area contributed by atoms with Gasteiger partial charge in [-0.05, 0) is 18.8 Å². The van der Waals surface area contributed by atoms with E-state index in [4.69, 9.17) is 4.74 Å². The van der Waals surface area contributed by atoms with Crippen molar-refractivity contribution in [2.24, 2.45) is 10.9 Å². The van der Waals surface area contributed by atoms with Gasteiger partial charge in [-0.2, -0.15) is 0 Å². The number of ether oxygens (including phenoxy) is 1. The summed E-state index contributed by atoms with van der Waals surface area (Å²) in [5.41, 5.74) is 0. The van der Waals surface area contributed by atoms with Crippen molar-refractivity contribution in [3.63, 3.8) is 0 Å². The molecule has 3 aliphatic rings. The van der Waals surface area contributed by atoms with Crippen molar-refractivity contribution in [2.45, 2.75) is 18.1 Å². The van der Waals surface area contributed by atoms with Crippen molar-refractivity contribution in [3.05, 3.63) is 0 Å². The highest BCUT2D eigenvalue weighted by atomic mass is 32.2. The Kier molecular flexibility index (Phi) is 3.88. The van der Waals surface area contributed by atoms with Gasteiger partial charge in [0, 0.05) is 31.4 Å². The summed E-state index contributed by atoms with van der Waals surface area (Å²) < 4.78 is 5.34. The quantitative estimate of drug-likeness (QED) is 0.806. The molecule has 96 valence electrons. The van der Waals surface area contributed by atoms with E-state index in [2.05, 4.69) is 15.2 Å². The summed E-state index contributed by atoms with van der Waals surface area (Å²) in [5.74, 6) is 0.960. The van der Waals surface area contributed by atoms with Crippen LogP contribution in [0.25, 0.3) is 0 Å². The zero-order chi connectivity index (χ0) is 11.5. The monoisotopic (exact) mass is 255 g/mol. The maximum atomic E-state index is 5.34. The number of morpholine rings is 1. The van der Waals surface area contributed by atoms with Crippen molar-refractivity contribution in [3.8, 4) is 0 Å². The third-order valence-electron chi connectivity index (χ3n) is 3.63. The molecule has 0 spiro atoms. The first-order valence-corrected chi connectivity index (χ1v) is 7.55. The van der Waals surface area contributed by atoms with Crippen molar-refractivity contribution in [1.29, 1.82) is 0 Å². The largest absolute Gasteiger partial charge is 0.379 e. The maximum absolute atomic E-state index is 5.34. The zero-order valence-corrected chi connectivity index (χ0v) is 11.0. The molecule has 2 fully saturated rings. The van der Waals surface area contributed by atoms with Gasteiger partial charge < -0.3 is 10.1 Å². The van der Waals surface area contributed by atoms with Gasteiger partial charge in [0.25, 0.3) is 0 Å². The molecule has 1 saturated heterocycles. The predicted octanol–water partition coefficient (Wildman–Crippen LogP) is 0.790. The smallest absolute Gasteiger partial charge is 0.156 e. The van der Waals surface area contributed by atoms with Gasteiger partial charge in [-0.15, -0.1) is 0 Å². The third kappa shape index (κ3) is 3.36. The average molecular weight is 255 g/mol. The van der Waals surface area contributed by atoms with E-state index >= 15 is 0 Å². The predicted molar refractivity (Wildman–Crippen MR) is 71.7 cm³/mol. The first-order chi connectivity index (χ1) is 8.42. The summed E-state index contributed by atoms with van der Waals surface area (Å²) in [6.45, 7) is 7.09. The number of nitrogens with zero attached hydrogens (tertiary/aromatic N) is 2. The summed E-state index contributed by atoms with van der Waals surface area (Å²) in [6, 6.07) is 0. The number of hydrogen-bond acceptors (Lipinski definition) is 5. The van der Waals surface area contributed by atoms with E-state index in [1.54, 1.807) is 0 Å². The van der Waals surface area contributed by atoms with Crippen molar-refractivity contribution in [1.82, 2.24) is 10.2 Å². The standard InChI is InChI=1S/C12H21N3OS/c1-2-10(1)11-9-14-12(17-11)13-3-4-15-5-7-16-8-6-15/h10-11H,1-9H2,(H,13,14). The minimum Gasteiger partial charge on any atom is -0.379 e. The van der Waals surface area contributed by atoms with Crippen molar-refractivity contribution < 1.29 is 4.74 Å². The van der Waals surface area contributed by atoms with Crippen LogP contribution in [0.3, 0.4) is 0 Å². The highest BCUT2D eigenvalue weighted by Gasteiger charge is 2.35. The zero-order valence-electron chi connectivity index (χ0n) is 10.2. The number of rotatable bonds is 4. The molecule has 1 N–H and O–H groups in total. The Bertz CT molecular complexity index is 287. The number of amidine groups is 1. The van der Waals surface area contributed by atoms with Crippen LogP contribution in [0.1, 0.15) is 12.8 Å². The Hall–Kier alpha value is -0.260. The molecule has 1 atom stereocenters. The Morgan fingerprint density at radius 2 is 2.18 bits per heavy atom. The summed E-state index contributed by atoms with van der Waals surface area (Å²) in [7, 11) is 0. The van der Waals surface area contributed by atoms with E-state index in [0.717, 1.165) is 57.1 Å². The fourth-order valence-corrected chi connectivity index (χ4v) is 3.58. The second-order valence-corrected chi connectivity index (χ2v) is 6.25. The Labute approximate surface area is 107 Å². The molecule has 1 aliphatic carbocycles. The lowest BCUT2D eigenvalue weighted by Gasteiger charge is -2.26. The van der Waals surface area contributed by atoms with Crippen LogP contribution in [0.5, 0.6) is 0 Å². The molecule has 1 saturated carbocycles. The van der Waals surface area contributed by atoms with Crippen LogP contribution in [-0.2, 0) is 4.74 Å². The summed E-state index contributed by atoms with van der Waals surface area (Å²) >= 11 is 1.96. The minimum atomic E-state index is 0.779. The van der Waals surface area contributed by atoms with Crippen LogP contribution in [0, 0.1) is 5.92 Å². The summed E-state index contributed by atoms with van der Waals surface area (Å²) in [4.78, 5) is 7.04. The van der Waals surface area contributed by atoms with Gasteiger partial charge >= 0.3 is 0 Å². The van der Waals surface area contributed by atoms with E-state index in [-0.39, 0.29) is 0 Å². The maximum Gasteiger partial charge on any atom is 0.156 e. The second-order valence-electron chi connectivity index (χ2n) is 5.02. The van der Waals surface area contributed by atoms with Gasteiger partial charge in [-0.3, -0.25) is 9.89 Å². The Morgan fingerprint density at radius 3 is 2.94 bits per heavy atom. The summed E-state index contributed by atoms with van der Waals surface area (Å²) in [5, 5.41) is 5.43. The topological polar surface area (TPSA) is 36.9 Å². The third-order valence-corrected chi connectivity index (χ3v) is 4.97. The van der Waals surface area contributed by atoms with Gasteiger partial charge in [-0.25, -0.2) is 0 Å². The van der Waals surface area contributed by atoms with Crippen LogP contribution in [0.15, 0.2) is 4.99 Å². The van der Waals surface area contributed by atoms with E-state index < -0.39 is 0 Å². The van der Waals surface area contributed by atoms with Gasteiger partial charge in [0.05, 0.1) is 19.8 Å². The average Bonchev–Trinajstić information content (AvgIpc) is 3.11. The van der Waals surface area contributed by atoms with Gasteiger partial charge in [0.15, 0.2) is 5.17 Å². The fraction of sp³-hybridized carbons (Fsp3) is 0.917. The molecule has 4 nitrogen and oxygen atoms in total. The molecule has 5 heteroatoms. The summed E-state index contributed by atoms with van der Waals surface area (Å²) in [6.07, 6.45) is 2.85. The molecule has 0 radical (unpaired) electrons. The number of thioether (sulfide) groups is 1. The Balaban J connectivity index is 1.31. The molecule has 0 aromatic carbocycles. The number of hydrogen-bond donors (Lipinski definition) is 1. The molecule has 0 bridgehead atoms. The first kappa shape index (κ1) is 11.8. The van der Waals surface area contributed by atoms with Gasteiger partial charge in [0.2, 0.25) is 0 Å².